The summed E-state index contributed by atoms with van der Waals surface area (Å²) in [5.74, 6) is -1.55. The van der Waals surface area contributed by atoms with Crippen LogP contribution in [0.4, 0.5) is 0 Å². The number of benzene rings is 1. The van der Waals surface area contributed by atoms with Crippen LogP contribution in [0.25, 0.3) is 0 Å². The molecule has 1 aromatic carbocycles. The summed E-state index contributed by atoms with van der Waals surface area (Å²) in [4.78, 5) is 25.2. The van der Waals surface area contributed by atoms with Crippen LogP contribution >= 0.6 is 0 Å². The number of nitrogens with zero attached hydrogens (tertiary/aromatic N) is 2. The van der Waals surface area contributed by atoms with Gasteiger partial charge in [-0.15, -0.1) is 0 Å². The van der Waals surface area contributed by atoms with Crippen LogP contribution in [0.15, 0.2) is 23.1 Å². The normalized spacial score (nSPS) is 15.6. The van der Waals surface area contributed by atoms with Gasteiger partial charge in [0.2, 0.25) is 10.0 Å². The van der Waals surface area contributed by atoms with Crippen LogP contribution in [0, 0.1) is 6.92 Å². The van der Waals surface area contributed by atoms with E-state index in [1.165, 1.54) is 21.3 Å². The summed E-state index contributed by atoms with van der Waals surface area (Å²) in [6.07, 6.45) is 3.30. The zero-order valence-electron chi connectivity index (χ0n) is 15.3. The molecule has 1 aromatic rings. The van der Waals surface area contributed by atoms with Gasteiger partial charge in [-0.3, -0.25) is 9.59 Å². The van der Waals surface area contributed by atoms with Gasteiger partial charge in [0.1, 0.15) is 6.54 Å². The minimum atomic E-state index is -3.65. The van der Waals surface area contributed by atoms with Gasteiger partial charge in [0.15, 0.2) is 0 Å². The predicted molar refractivity (Wildman–Crippen MR) is 97.6 cm³/mol. The Labute approximate surface area is 154 Å². The molecule has 0 atom stereocenters. The van der Waals surface area contributed by atoms with E-state index in [0.717, 1.165) is 19.3 Å². The highest BCUT2D eigenvalue weighted by Crippen LogP contribution is 2.23. The molecule has 0 unspecified atom stereocenters. The number of amides is 1. The fourth-order valence-corrected chi connectivity index (χ4v) is 4.65. The second kappa shape index (κ2) is 8.64. The molecular formula is C18H26N2O5S. The molecule has 1 aliphatic heterocycles. The maximum absolute atomic E-state index is 12.9. The predicted octanol–water partition coefficient (Wildman–Crippen LogP) is 2.11. The lowest BCUT2D eigenvalue weighted by Gasteiger charge is -2.26. The van der Waals surface area contributed by atoms with Crippen molar-refractivity contribution in [2.24, 2.45) is 0 Å². The van der Waals surface area contributed by atoms with Crippen molar-refractivity contribution in [1.82, 2.24) is 9.21 Å². The average Bonchev–Trinajstić information content (AvgIpc) is 2.61. The van der Waals surface area contributed by atoms with Crippen LogP contribution in [0.3, 0.4) is 0 Å². The Morgan fingerprint density at radius 3 is 2.42 bits per heavy atom. The molecule has 1 amide bonds. The molecule has 0 saturated carbocycles. The van der Waals surface area contributed by atoms with Crippen LogP contribution < -0.4 is 0 Å². The van der Waals surface area contributed by atoms with E-state index in [1.54, 1.807) is 13.0 Å². The molecule has 8 heteroatoms. The second-order valence-electron chi connectivity index (χ2n) is 6.56. The van der Waals surface area contributed by atoms with Crippen molar-refractivity contribution >= 4 is 21.9 Å². The summed E-state index contributed by atoms with van der Waals surface area (Å²) in [6.45, 7) is 4.44. The smallest absolute Gasteiger partial charge is 0.323 e. The van der Waals surface area contributed by atoms with E-state index in [9.17, 15) is 18.0 Å². The Bertz CT molecular complexity index is 770. The molecule has 0 aromatic heterocycles. The molecule has 0 radical (unpaired) electrons. The molecule has 0 bridgehead atoms. The van der Waals surface area contributed by atoms with Crippen molar-refractivity contribution < 1.29 is 23.1 Å². The first-order valence-electron chi connectivity index (χ1n) is 8.89. The Kier molecular flexibility index (Phi) is 6.77. The van der Waals surface area contributed by atoms with Crippen molar-refractivity contribution in [3.63, 3.8) is 0 Å². The van der Waals surface area contributed by atoms with Gasteiger partial charge < -0.3 is 10.0 Å². The standard InChI is InChI=1S/C18H26N2O5S/c1-3-9-19(13-17(21)22)18(23)16-12-15(8-7-14(16)2)26(24,25)20-10-5-4-6-11-20/h7-8,12H,3-6,9-11,13H2,1-2H3,(H,21,22). The van der Waals surface area contributed by atoms with Crippen molar-refractivity contribution in [1.29, 1.82) is 0 Å². The third-order valence-corrected chi connectivity index (χ3v) is 6.39. The van der Waals surface area contributed by atoms with Crippen molar-refractivity contribution in [3.05, 3.63) is 29.3 Å². The fraction of sp³-hybridized carbons (Fsp3) is 0.556. The Hall–Kier alpha value is -1.93. The highest BCUT2D eigenvalue weighted by Gasteiger charge is 2.28. The van der Waals surface area contributed by atoms with Crippen LogP contribution in [-0.4, -0.2) is 60.8 Å². The Balaban J connectivity index is 2.36. The van der Waals surface area contributed by atoms with Gasteiger partial charge in [-0.25, -0.2) is 8.42 Å². The molecule has 0 aliphatic carbocycles. The number of carbonyl (C=O) groups excluding carboxylic acids is 1. The zero-order chi connectivity index (χ0) is 19.3. The molecule has 1 N–H and O–H groups in total. The summed E-state index contributed by atoms with van der Waals surface area (Å²) in [5, 5.41) is 9.03. The van der Waals surface area contributed by atoms with Gasteiger partial charge >= 0.3 is 5.97 Å². The van der Waals surface area contributed by atoms with Gasteiger partial charge in [-0.1, -0.05) is 19.4 Å². The van der Waals surface area contributed by atoms with Crippen molar-refractivity contribution in [2.75, 3.05) is 26.2 Å². The lowest BCUT2D eigenvalue weighted by Crippen LogP contribution is -2.37. The van der Waals surface area contributed by atoms with E-state index < -0.39 is 28.4 Å². The van der Waals surface area contributed by atoms with Gasteiger partial charge in [0.25, 0.3) is 5.91 Å². The zero-order valence-corrected chi connectivity index (χ0v) is 16.1. The van der Waals surface area contributed by atoms with Crippen LogP contribution in [0.2, 0.25) is 0 Å². The SMILES string of the molecule is CCCN(CC(=O)O)C(=O)c1cc(S(=O)(=O)N2CCCCC2)ccc1C. The summed E-state index contributed by atoms with van der Waals surface area (Å²) in [6, 6.07) is 4.50. The minimum absolute atomic E-state index is 0.0834. The topological polar surface area (TPSA) is 95.0 Å². The monoisotopic (exact) mass is 382 g/mol. The van der Waals surface area contributed by atoms with Gasteiger partial charge in [-0.05, 0) is 43.9 Å². The molecule has 1 aliphatic rings. The van der Waals surface area contributed by atoms with E-state index >= 15 is 0 Å². The third-order valence-electron chi connectivity index (χ3n) is 4.50. The summed E-state index contributed by atoms with van der Waals surface area (Å²) in [7, 11) is -3.65. The van der Waals surface area contributed by atoms with Crippen molar-refractivity contribution in [2.45, 2.75) is 44.4 Å². The Morgan fingerprint density at radius 2 is 1.85 bits per heavy atom. The van der Waals surface area contributed by atoms with Gasteiger partial charge in [0, 0.05) is 25.2 Å². The molecule has 144 valence electrons. The highest BCUT2D eigenvalue weighted by molar-refractivity contribution is 7.89. The number of carboxylic acids is 1. The molecule has 2 rings (SSSR count). The van der Waals surface area contributed by atoms with Crippen LogP contribution in [0.1, 0.15) is 48.5 Å². The lowest BCUT2D eigenvalue weighted by molar-refractivity contribution is -0.137. The first-order valence-corrected chi connectivity index (χ1v) is 10.3. The van der Waals surface area contributed by atoms with Crippen LogP contribution in [0.5, 0.6) is 0 Å². The second-order valence-corrected chi connectivity index (χ2v) is 8.50. The third kappa shape index (κ3) is 4.62. The Morgan fingerprint density at radius 1 is 1.19 bits per heavy atom. The number of hydrogen-bond donors (Lipinski definition) is 1. The molecule has 7 nitrogen and oxygen atoms in total. The van der Waals surface area contributed by atoms with E-state index in [1.807, 2.05) is 6.92 Å². The van der Waals surface area contributed by atoms with Gasteiger partial charge in [0.05, 0.1) is 4.90 Å². The first kappa shape index (κ1) is 20.4. The molecule has 1 saturated heterocycles. The van der Waals surface area contributed by atoms with E-state index in [-0.39, 0.29) is 10.5 Å². The molecule has 26 heavy (non-hydrogen) atoms. The minimum Gasteiger partial charge on any atom is -0.480 e. The van der Waals surface area contributed by atoms with Crippen LogP contribution in [-0.2, 0) is 14.8 Å². The lowest BCUT2D eigenvalue weighted by atomic mass is 10.1. The summed E-state index contributed by atoms with van der Waals surface area (Å²) in [5.41, 5.74) is 0.858. The fourth-order valence-electron chi connectivity index (χ4n) is 3.10. The highest BCUT2D eigenvalue weighted by atomic mass is 32.2. The molecule has 1 fully saturated rings. The van der Waals surface area contributed by atoms with E-state index in [0.29, 0.717) is 31.6 Å². The number of hydrogen-bond acceptors (Lipinski definition) is 4. The van der Waals surface area contributed by atoms with E-state index in [4.69, 9.17) is 5.11 Å². The molecular weight excluding hydrogens is 356 g/mol. The molecule has 0 spiro atoms. The quantitative estimate of drug-likeness (QED) is 0.779. The number of aliphatic carboxylic acids is 1. The molecule has 1 heterocycles. The number of rotatable bonds is 7. The van der Waals surface area contributed by atoms with Crippen molar-refractivity contribution in [3.8, 4) is 0 Å². The largest absolute Gasteiger partial charge is 0.480 e. The number of sulfonamides is 1. The summed E-state index contributed by atoms with van der Waals surface area (Å²) < 4.78 is 27.2. The number of carboxylic acid groups (broad SMARTS) is 1. The summed E-state index contributed by atoms with van der Waals surface area (Å²) >= 11 is 0. The maximum atomic E-state index is 12.9. The van der Waals surface area contributed by atoms with E-state index in [2.05, 4.69) is 0 Å². The number of piperidine rings is 1. The average molecular weight is 382 g/mol. The maximum Gasteiger partial charge on any atom is 0.323 e. The number of aryl methyl sites for hydroxylation is 1. The number of carbonyl (C=O) groups is 2. The first-order chi connectivity index (χ1) is 12.3. The van der Waals surface area contributed by atoms with Gasteiger partial charge in [-0.2, -0.15) is 4.31 Å².